The molecule has 0 saturated heterocycles. The summed E-state index contributed by atoms with van der Waals surface area (Å²) in [6.45, 7) is 25.1. The molecule has 48 heavy (non-hydrogen) atoms. The Bertz CT molecular complexity index is 1620. The average molecular weight is 771 g/mol. The van der Waals surface area contributed by atoms with Crippen LogP contribution in [0.1, 0.15) is 88.8 Å². The third-order valence-electron chi connectivity index (χ3n) is 8.77. The molecule has 0 heterocycles. The minimum absolute atomic E-state index is 0. The zero-order valence-electron chi connectivity index (χ0n) is 30.8. The summed E-state index contributed by atoms with van der Waals surface area (Å²) in [6, 6.07) is 36.2. The molecule has 252 valence electrons. The Morgan fingerprint density at radius 3 is 1.60 bits per heavy atom. The predicted molar refractivity (Wildman–Crippen MR) is 200 cm³/mol. The van der Waals surface area contributed by atoms with Gasteiger partial charge in [-0.2, -0.15) is 35.9 Å². The standard InChI is InChI=1S/C21H26.C13H9.C10H17Si.2ClH.Zr/c1-20(2,3)18-11-7-16(8-12-18)15-17-9-13-19(14-10-17)21(4,5)6;1-3-7-12-10(5-1)9-11-6-2-4-8-13(11)12;1-8-6-9(2)10(7-8)11(3,4)5;;;/h7-14H,1-6H3;1-5,7-8H,9H2;7-8H,1-5H3;2*1H;/q;2*-1;;;+2/p-2. The summed E-state index contributed by atoms with van der Waals surface area (Å²) in [7, 11) is -1.07. The monoisotopic (exact) mass is 768 g/mol. The second-order valence-electron chi connectivity index (χ2n) is 15.8. The van der Waals surface area contributed by atoms with Crippen molar-refractivity contribution in [2.75, 3.05) is 0 Å². The minimum Gasteiger partial charge on any atom is -1.00 e. The summed E-state index contributed by atoms with van der Waals surface area (Å²) >= 11 is 1.46. The Balaban J connectivity index is 0.000000263. The Kier molecular flexibility index (Phi) is 15.1. The van der Waals surface area contributed by atoms with Crippen molar-refractivity contribution in [2.24, 2.45) is 5.92 Å². The predicted octanol–water partition coefficient (Wildman–Crippen LogP) is 5.65. The van der Waals surface area contributed by atoms with Crippen LogP contribution in [0.3, 0.4) is 0 Å². The topological polar surface area (TPSA) is 0 Å². The first kappa shape index (κ1) is 42.1. The van der Waals surface area contributed by atoms with Crippen molar-refractivity contribution in [1.82, 2.24) is 0 Å². The maximum Gasteiger partial charge on any atom is -0.0112 e. The molecule has 1 atom stereocenters. The van der Waals surface area contributed by atoms with Gasteiger partial charge in [0.1, 0.15) is 0 Å². The number of halogens is 2. The summed E-state index contributed by atoms with van der Waals surface area (Å²) in [5, 5.41) is 1.60. The summed E-state index contributed by atoms with van der Waals surface area (Å²) in [6.07, 6.45) is 6.86. The second-order valence-corrected chi connectivity index (χ2v) is 22.1. The van der Waals surface area contributed by atoms with Crippen LogP contribution >= 0.6 is 0 Å². The van der Waals surface area contributed by atoms with Crippen molar-refractivity contribution in [3.8, 4) is 11.1 Å². The van der Waals surface area contributed by atoms with Gasteiger partial charge in [-0.1, -0.05) is 74.8 Å². The molecule has 0 nitrogen and oxygen atoms in total. The zero-order valence-corrected chi connectivity index (χ0v) is 35.7. The van der Waals surface area contributed by atoms with Gasteiger partial charge in [-0.3, -0.25) is 6.08 Å². The first-order valence-electron chi connectivity index (χ1n) is 16.7. The Morgan fingerprint density at radius 2 is 1.19 bits per heavy atom. The van der Waals surface area contributed by atoms with E-state index in [4.69, 9.17) is 0 Å². The molecule has 4 aromatic rings. The smallest absolute Gasteiger partial charge is 0.0112 e. The third kappa shape index (κ3) is 11.0. The number of fused-ring (bicyclic) bond motifs is 3. The molecule has 0 saturated carbocycles. The van der Waals surface area contributed by atoms with Crippen LogP contribution in [0.4, 0.5) is 0 Å². The van der Waals surface area contributed by atoms with Gasteiger partial charge in [0.05, 0.1) is 0 Å². The fourth-order valence-electron chi connectivity index (χ4n) is 6.09. The van der Waals surface area contributed by atoms with Crippen molar-refractivity contribution in [2.45, 2.75) is 92.3 Å². The number of benzene rings is 4. The van der Waals surface area contributed by atoms with Crippen molar-refractivity contribution in [3.05, 3.63) is 153 Å². The fourth-order valence-corrected chi connectivity index (χ4v) is 8.85. The first-order chi connectivity index (χ1) is 21.4. The molecule has 6 rings (SSSR count). The largest absolute Gasteiger partial charge is 1.00 e. The van der Waals surface area contributed by atoms with Gasteiger partial charge in [-0.25, -0.2) is 10.8 Å². The van der Waals surface area contributed by atoms with Crippen LogP contribution in [-0.2, 0) is 41.5 Å². The summed E-state index contributed by atoms with van der Waals surface area (Å²) < 4.78 is 1.42. The van der Waals surface area contributed by atoms with Gasteiger partial charge < -0.3 is 24.8 Å². The van der Waals surface area contributed by atoms with E-state index in [0.717, 1.165) is 6.42 Å². The first-order valence-corrected chi connectivity index (χ1v) is 21.4. The van der Waals surface area contributed by atoms with Gasteiger partial charge in [-0.05, 0) is 14.5 Å². The van der Waals surface area contributed by atoms with E-state index >= 15 is 0 Å². The van der Waals surface area contributed by atoms with Gasteiger partial charge in [0, 0.05) is 0 Å². The van der Waals surface area contributed by atoms with Gasteiger partial charge in [0.15, 0.2) is 0 Å². The molecule has 2 aliphatic carbocycles. The fraction of sp³-hybridized carbons (Fsp3) is 0.341. The molecular weight excluding hydrogens is 719 g/mol. The van der Waals surface area contributed by atoms with E-state index in [-0.39, 0.29) is 35.6 Å². The number of allylic oxidation sites excluding steroid dienone is 4. The van der Waals surface area contributed by atoms with E-state index in [1.165, 1.54) is 77.5 Å². The van der Waals surface area contributed by atoms with Crippen LogP contribution in [0.15, 0.2) is 108 Å². The zero-order chi connectivity index (χ0) is 33.9. The van der Waals surface area contributed by atoms with E-state index in [1.54, 1.807) is 5.20 Å². The Morgan fingerprint density at radius 1 is 0.708 bits per heavy atom. The van der Waals surface area contributed by atoms with Crippen molar-refractivity contribution in [3.63, 3.8) is 0 Å². The van der Waals surface area contributed by atoms with Crippen LogP contribution in [0.25, 0.3) is 11.1 Å². The second kappa shape index (κ2) is 17.2. The van der Waals surface area contributed by atoms with E-state index in [2.05, 4.69) is 178 Å². The maximum atomic E-state index is 3.43. The van der Waals surface area contributed by atoms with E-state index in [0.29, 0.717) is 5.92 Å². The van der Waals surface area contributed by atoms with Gasteiger partial charge in [-0.15, -0.1) is 5.56 Å². The normalized spacial score (nSPS) is 14.7. The van der Waals surface area contributed by atoms with E-state index < -0.39 is 8.07 Å². The van der Waals surface area contributed by atoms with Crippen LogP contribution in [0, 0.1) is 18.1 Å². The number of hydrogen-bond acceptors (Lipinski definition) is 0. The average Bonchev–Trinajstić information content (AvgIpc) is 3.55. The van der Waals surface area contributed by atoms with Crippen molar-refractivity contribution >= 4 is 11.3 Å². The molecule has 4 aromatic carbocycles. The molecule has 2 aliphatic rings. The molecule has 0 aromatic heterocycles. The van der Waals surface area contributed by atoms with Gasteiger partial charge >= 0.3 is 151 Å². The van der Waals surface area contributed by atoms with Crippen LogP contribution < -0.4 is 24.8 Å². The third-order valence-corrected chi connectivity index (χ3v) is 12.3. The molecule has 0 spiro atoms. The van der Waals surface area contributed by atoms with Crippen LogP contribution in [0.5, 0.6) is 0 Å². The molecule has 0 N–H and O–H groups in total. The maximum absolute atomic E-state index is 3.43. The van der Waals surface area contributed by atoms with E-state index in [1.807, 2.05) is 6.07 Å². The number of rotatable bonds is 3. The van der Waals surface area contributed by atoms with Crippen LogP contribution in [0.2, 0.25) is 19.6 Å². The molecule has 0 radical (unpaired) electrons. The Labute approximate surface area is 320 Å². The summed E-state index contributed by atoms with van der Waals surface area (Å²) in [5.74, 6) is 0.553. The Hall–Kier alpha value is -2.09. The minimum atomic E-state index is -1.07. The van der Waals surface area contributed by atoms with Crippen molar-refractivity contribution in [1.29, 1.82) is 0 Å². The van der Waals surface area contributed by atoms with Gasteiger partial charge in [0.25, 0.3) is 0 Å². The molecule has 1 unspecified atom stereocenters. The summed E-state index contributed by atoms with van der Waals surface area (Å²) in [5.41, 5.74) is 12.8. The molecule has 0 amide bonds. The molecule has 0 aliphatic heterocycles. The number of hydrogen-bond donors (Lipinski definition) is 0. The summed E-state index contributed by atoms with van der Waals surface area (Å²) in [4.78, 5) is 0. The molecular formula is C44H52Cl2SiZr-2. The molecule has 0 bridgehead atoms. The molecule has 0 fully saturated rings. The quantitative estimate of drug-likeness (QED) is 0.165. The SMILES string of the molecule is CC(C)(C)c1ccc([C](=[Zr+2])c2ccc(C(C)(C)C)cc2)cc1.CC1=[C-]C(C)C=C1[Si](C)(C)C.[Cl-].[Cl-].[c-]1cccc2c1Cc1ccccc1-2. The van der Waals surface area contributed by atoms with E-state index in [9.17, 15) is 0 Å². The van der Waals surface area contributed by atoms with Gasteiger partial charge in [0.2, 0.25) is 0 Å². The van der Waals surface area contributed by atoms with Crippen molar-refractivity contribution < 1.29 is 49.0 Å². The molecule has 4 heteroatoms. The van der Waals surface area contributed by atoms with Crippen LogP contribution in [-0.4, -0.2) is 11.3 Å².